The summed E-state index contributed by atoms with van der Waals surface area (Å²) in [5.41, 5.74) is 0. The smallest absolute Gasteiger partial charge is 0 e. The molecule has 45 valence electrons. The molecular weight excluding hydrogens is 317 g/mol. The van der Waals surface area contributed by atoms with E-state index in [0.29, 0.717) is 0 Å². The summed E-state index contributed by atoms with van der Waals surface area (Å²) in [5, 5.41) is 0. The van der Waals surface area contributed by atoms with Crippen LogP contribution in [-0.4, -0.2) is 27.4 Å². The van der Waals surface area contributed by atoms with Crippen LogP contribution in [0.25, 0.3) is 0 Å². The molecule has 0 bridgehead atoms. The van der Waals surface area contributed by atoms with Gasteiger partial charge in [-0.25, -0.2) is 0 Å². The minimum atomic E-state index is 0. The van der Waals surface area contributed by atoms with Crippen LogP contribution >= 0.6 is 0 Å². The topological polar surface area (TPSA) is 150 Å². The maximum atomic E-state index is 0. The van der Waals surface area contributed by atoms with Crippen molar-refractivity contribution in [3.63, 3.8) is 0 Å². The fourth-order valence-corrected chi connectivity index (χ4v) is 0. The van der Waals surface area contributed by atoms with E-state index in [1.807, 2.05) is 0 Å². The molecule has 0 aliphatic carbocycles. The van der Waals surface area contributed by atoms with Crippen LogP contribution in [0.15, 0.2) is 0 Å². The molecule has 6 heteroatoms. The summed E-state index contributed by atoms with van der Waals surface area (Å²) in [6.45, 7) is 0. The zero-order chi connectivity index (χ0) is 0. The average Bonchev–Trinajstić information content (AvgIpc) is 0. The molecule has 0 fully saturated rings. The predicted octanol–water partition coefficient (Wildman–Crippen LogP) is -0.884. The maximum Gasteiger partial charge on any atom is 0 e. The molecule has 0 spiro atoms. The van der Waals surface area contributed by atoms with E-state index in [0.717, 1.165) is 0 Å². The van der Waals surface area contributed by atoms with Gasteiger partial charge in [0.15, 0.2) is 0 Å². The first-order valence-corrected chi connectivity index (χ1v) is 0. The standard InChI is InChI=1S/Np.5H2O/h;5*1H2/p-5. The van der Waals surface area contributed by atoms with E-state index in [9.17, 15) is 0 Å². The fourth-order valence-electron chi connectivity index (χ4n) is 0. The SMILES string of the molecule is [Np].[OH-].[OH-].[OH-].[OH-].[OH-]. The molecule has 0 atom stereocenters. The summed E-state index contributed by atoms with van der Waals surface area (Å²) < 4.78 is 0. The van der Waals surface area contributed by atoms with Crippen molar-refractivity contribution in [2.45, 2.75) is 0 Å². The van der Waals surface area contributed by atoms with E-state index in [1.54, 1.807) is 0 Å². The van der Waals surface area contributed by atoms with Gasteiger partial charge in [-0.15, -0.1) is 0 Å². The minimum absolute atomic E-state index is 0. The Labute approximate surface area is 57.5 Å². The van der Waals surface area contributed by atoms with Crippen molar-refractivity contribution < 1.29 is 57.3 Å². The van der Waals surface area contributed by atoms with Gasteiger partial charge in [0.25, 0.3) is 0 Å². The van der Waals surface area contributed by atoms with Crippen molar-refractivity contribution in [2.75, 3.05) is 0 Å². The summed E-state index contributed by atoms with van der Waals surface area (Å²) in [4.78, 5) is 0. The molecule has 0 amide bonds. The van der Waals surface area contributed by atoms with Crippen LogP contribution in [0.3, 0.4) is 0 Å². The summed E-state index contributed by atoms with van der Waals surface area (Å²) in [6, 6.07) is 0. The van der Waals surface area contributed by atoms with E-state index in [-0.39, 0.29) is 57.3 Å². The Kier molecular flexibility index (Phi) is 11800. The number of hydrogen-bond acceptors (Lipinski definition) is 5. The molecule has 0 rings (SSSR count). The molecule has 0 aromatic carbocycles. The van der Waals surface area contributed by atoms with Gasteiger partial charge in [0.1, 0.15) is 0 Å². The molecule has 5 N–H and O–H groups in total. The van der Waals surface area contributed by atoms with Gasteiger partial charge in [-0.05, 0) is 0 Å². The van der Waals surface area contributed by atoms with Gasteiger partial charge in [-0.3, -0.25) is 0 Å². The summed E-state index contributed by atoms with van der Waals surface area (Å²) in [6.07, 6.45) is 0. The largest absolute Gasteiger partial charge is 0.870 e. The van der Waals surface area contributed by atoms with Crippen LogP contribution in [0, 0.1) is 29.9 Å². The Morgan fingerprint density at radius 1 is 0.333 bits per heavy atom. The van der Waals surface area contributed by atoms with E-state index in [4.69, 9.17) is 0 Å². The fraction of sp³-hybridized carbons (Fsp3) is 0. The third kappa shape index (κ3) is 106. The van der Waals surface area contributed by atoms with Crippen molar-refractivity contribution in [3.8, 4) is 0 Å². The summed E-state index contributed by atoms with van der Waals surface area (Å²) >= 11 is 0. The van der Waals surface area contributed by atoms with E-state index in [2.05, 4.69) is 0 Å². The van der Waals surface area contributed by atoms with Gasteiger partial charge in [0.05, 0.1) is 0 Å². The molecule has 0 aromatic heterocycles. The van der Waals surface area contributed by atoms with Crippen molar-refractivity contribution in [1.29, 1.82) is 0 Å². The van der Waals surface area contributed by atoms with Crippen molar-refractivity contribution in [1.82, 2.24) is 0 Å². The number of rotatable bonds is 0. The molecular formula is H5NpO5-5. The van der Waals surface area contributed by atoms with Crippen molar-refractivity contribution >= 4 is 0 Å². The zero-order valence-electron chi connectivity index (χ0n) is 2.68. The second kappa shape index (κ2) is 204. The van der Waals surface area contributed by atoms with Gasteiger partial charge in [0, 0.05) is 29.9 Å². The van der Waals surface area contributed by atoms with E-state index in [1.165, 1.54) is 0 Å². The second-order valence-electron chi connectivity index (χ2n) is 0. The normalized spacial score (nSPS) is 0. The predicted molar refractivity (Wildman–Crippen MR) is 9.68 cm³/mol. The molecule has 0 aliphatic heterocycles. The van der Waals surface area contributed by atoms with E-state index >= 15 is 0 Å². The van der Waals surface area contributed by atoms with Crippen molar-refractivity contribution in [2.24, 2.45) is 0 Å². The second-order valence-corrected chi connectivity index (χ2v) is 0. The van der Waals surface area contributed by atoms with Gasteiger partial charge >= 0.3 is 0 Å². The minimum Gasteiger partial charge on any atom is -0.870 e. The summed E-state index contributed by atoms with van der Waals surface area (Å²) in [5.74, 6) is 0. The van der Waals surface area contributed by atoms with Gasteiger partial charge in [-0.2, -0.15) is 0 Å². The molecule has 0 unspecified atom stereocenters. The molecule has 0 aromatic rings. The van der Waals surface area contributed by atoms with Gasteiger partial charge in [-0.1, -0.05) is 0 Å². The molecule has 5 nitrogen and oxygen atoms in total. The summed E-state index contributed by atoms with van der Waals surface area (Å²) in [7, 11) is 0. The monoisotopic (exact) mass is 321 g/mol. The van der Waals surface area contributed by atoms with Crippen LogP contribution in [0.1, 0.15) is 0 Å². The Balaban J connectivity index is 0. The maximum absolute atomic E-state index is 0. The Morgan fingerprint density at radius 2 is 0.333 bits per heavy atom. The quantitative estimate of drug-likeness (QED) is 0.567. The zero-order valence-corrected chi connectivity index (χ0v) is 6.41. The molecule has 0 saturated heterocycles. The first-order valence-electron chi connectivity index (χ1n) is 0. The van der Waals surface area contributed by atoms with Crippen LogP contribution in [0.4, 0.5) is 0 Å². The molecule has 0 heterocycles. The third-order valence-electron chi connectivity index (χ3n) is 0. The molecule has 0 aliphatic rings. The molecule has 0 saturated carbocycles. The van der Waals surface area contributed by atoms with Crippen molar-refractivity contribution in [3.05, 3.63) is 0 Å². The average molecular weight is 322 g/mol. The van der Waals surface area contributed by atoms with Crippen LogP contribution in [-0.2, 0) is 0 Å². The van der Waals surface area contributed by atoms with Crippen LogP contribution < -0.4 is 0 Å². The first kappa shape index (κ1) is 348. The van der Waals surface area contributed by atoms with Gasteiger partial charge in [0.2, 0.25) is 0 Å². The Bertz CT molecular complexity index is 3.90. The Hall–Kier alpha value is 0.813. The first-order chi connectivity index (χ1) is 0. The van der Waals surface area contributed by atoms with Crippen LogP contribution in [0.5, 0.6) is 0 Å². The van der Waals surface area contributed by atoms with E-state index < -0.39 is 0 Å². The van der Waals surface area contributed by atoms with Crippen LogP contribution in [0.2, 0.25) is 0 Å². The Morgan fingerprint density at radius 3 is 0.333 bits per heavy atom. The van der Waals surface area contributed by atoms with Gasteiger partial charge < -0.3 is 27.4 Å². The molecule has 1 radical (unpaired) electrons. The number of hydrogen-bond donors (Lipinski definition) is 0. The molecule has 6 heavy (non-hydrogen) atoms. The third-order valence-corrected chi connectivity index (χ3v) is 0.